The van der Waals surface area contributed by atoms with Gasteiger partial charge < -0.3 is 20.5 Å². The summed E-state index contributed by atoms with van der Waals surface area (Å²) >= 11 is 6.15. The van der Waals surface area contributed by atoms with Crippen LogP contribution >= 0.6 is 11.6 Å². The molecule has 1 aromatic carbocycles. The highest BCUT2D eigenvalue weighted by Crippen LogP contribution is 2.44. The van der Waals surface area contributed by atoms with Crippen LogP contribution in [0.3, 0.4) is 0 Å². The van der Waals surface area contributed by atoms with Crippen LogP contribution in [-0.4, -0.2) is 43.6 Å². The molecular weight excluding hydrogens is 404 g/mol. The summed E-state index contributed by atoms with van der Waals surface area (Å²) < 4.78 is 30.7. The highest BCUT2D eigenvalue weighted by Gasteiger charge is 2.44. The van der Waals surface area contributed by atoms with E-state index in [1.807, 2.05) is 6.92 Å². The van der Waals surface area contributed by atoms with Crippen LogP contribution in [0, 0.1) is 0 Å². The average Bonchev–Trinajstić information content (AvgIpc) is 3.02. The zero-order valence-corrected chi connectivity index (χ0v) is 17.5. The molecule has 1 aliphatic heterocycles. The van der Waals surface area contributed by atoms with Gasteiger partial charge in [0.15, 0.2) is 15.6 Å². The maximum absolute atomic E-state index is 13.3. The van der Waals surface area contributed by atoms with Gasteiger partial charge in [0.25, 0.3) is 0 Å². The minimum atomic E-state index is -3.96. The number of rotatable bonds is 4. The maximum atomic E-state index is 13.3. The second-order valence-corrected chi connectivity index (χ2v) is 10.3. The molecule has 0 unspecified atom stereocenters. The lowest BCUT2D eigenvalue weighted by Crippen LogP contribution is -2.41. The Morgan fingerprint density at radius 1 is 1.32 bits per heavy atom. The summed E-state index contributed by atoms with van der Waals surface area (Å²) in [5.74, 6) is -0.547. The fourth-order valence-corrected chi connectivity index (χ4v) is 5.92. The van der Waals surface area contributed by atoms with E-state index in [0.29, 0.717) is 26.1 Å². The van der Waals surface area contributed by atoms with E-state index in [4.69, 9.17) is 16.3 Å². The van der Waals surface area contributed by atoms with Crippen LogP contribution in [0.5, 0.6) is 5.75 Å². The number of hydrogen-bond donors (Lipinski definition) is 3. The first kappa shape index (κ1) is 21.0. The molecule has 154 valence electrons. The van der Waals surface area contributed by atoms with Crippen molar-refractivity contribution in [3.05, 3.63) is 28.8 Å². The molecule has 2 amide bonds. The van der Waals surface area contributed by atoms with E-state index < -0.39 is 26.4 Å². The number of sulfone groups is 1. The van der Waals surface area contributed by atoms with E-state index in [-0.39, 0.29) is 21.6 Å². The van der Waals surface area contributed by atoms with Gasteiger partial charge in [0.05, 0.1) is 21.5 Å². The number of carbonyl (C=O) groups excluding carboxylic acids is 1. The maximum Gasteiger partial charge on any atom is 0.319 e. The van der Waals surface area contributed by atoms with Crippen molar-refractivity contribution in [1.82, 2.24) is 5.32 Å². The first-order chi connectivity index (χ1) is 13.2. The molecule has 7 nitrogen and oxygen atoms in total. The van der Waals surface area contributed by atoms with E-state index in [1.165, 1.54) is 12.1 Å². The predicted octanol–water partition coefficient (Wildman–Crippen LogP) is 3.62. The number of phenolic OH excluding ortho intramolecular Hbond substituents is 1. The van der Waals surface area contributed by atoms with Gasteiger partial charge in [-0.15, -0.1) is 0 Å². The number of hydrogen-bond acceptors (Lipinski definition) is 5. The van der Waals surface area contributed by atoms with E-state index in [1.54, 1.807) is 6.92 Å². The highest BCUT2D eigenvalue weighted by molar-refractivity contribution is 7.93. The Hall–Kier alpha value is -1.77. The number of urea groups is 1. The molecule has 0 spiro atoms. The van der Waals surface area contributed by atoms with Crippen LogP contribution in [-0.2, 0) is 14.6 Å². The lowest BCUT2D eigenvalue weighted by atomic mass is 10.0. The molecule has 1 fully saturated rings. The molecule has 1 aromatic rings. The zero-order valence-electron chi connectivity index (χ0n) is 15.9. The van der Waals surface area contributed by atoms with Crippen molar-refractivity contribution in [2.75, 3.05) is 18.5 Å². The Morgan fingerprint density at radius 2 is 2.00 bits per heavy atom. The molecule has 0 radical (unpaired) electrons. The second kappa shape index (κ2) is 7.93. The summed E-state index contributed by atoms with van der Waals surface area (Å²) in [6.45, 7) is 4.21. The Balaban J connectivity index is 1.88. The Labute approximate surface area is 170 Å². The molecule has 2 aliphatic rings. The third kappa shape index (κ3) is 3.86. The highest BCUT2D eigenvalue weighted by atomic mass is 35.5. The van der Waals surface area contributed by atoms with Crippen molar-refractivity contribution in [1.29, 1.82) is 0 Å². The van der Waals surface area contributed by atoms with Crippen molar-refractivity contribution in [3.8, 4) is 5.75 Å². The van der Waals surface area contributed by atoms with Crippen LogP contribution in [0.15, 0.2) is 28.7 Å². The van der Waals surface area contributed by atoms with Crippen molar-refractivity contribution in [2.24, 2.45) is 0 Å². The quantitative estimate of drug-likeness (QED) is 0.501. The monoisotopic (exact) mass is 428 g/mol. The fourth-order valence-electron chi connectivity index (χ4n) is 3.57. The molecule has 1 saturated heterocycles. The Morgan fingerprint density at radius 3 is 2.61 bits per heavy atom. The van der Waals surface area contributed by atoms with Crippen LogP contribution in [0.1, 0.15) is 39.5 Å². The number of phenols is 1. The van der Waals surface area contributed by atoms with Gasteiger partial charge in [-0.1, -0.05) is 23.3 Å². The number of halogens is 1. The number of carbonyl (C=O) groups is 1. The number of benzene rings is 1. The number of nitrogens with one attached hydrogen (secondary N) is 2. The number of anilines is 1. The van der Waals surface area contributed by atoms with Gasteiger partial charge in [-0.2, -0.15) is 0 Å². The molecular formula is C19H25ClN2O5S. The van der Waals surface area contributed by atoms with Crippen molar-refractivity contribution >= 4 is 33.2 Å². The number of allylic oxidation sites excluding steroid dienone is 1. The molecule has 9 heteroatoms. The largest absolute Gasteiger partial charge is 0.504 e. The normalized spacial score (nSPS) is 21.8. The number of amides is 2. The van der Waals surface area contributed by atoms with Gasteiger partial charge >= 0.3 is 6.03 Å². The molecule has 3 rings (SSSR count). The van der Waals surface area contributed by atoms with E-state index in [0.717, 1.165) is 18.4 Å². The van der Waals surface area contributed by atoms with Crippen molar-refractivity contribution in [2.45, 2.75) is 55.2 Å². The molecule has 0 bridgehead atoms. The van der Waals surface area contributed by atoms with Crippen LogP contribution in [0.25, 0.3) is 0 Å². The lowest BCUT2D eigenvalue weighted by molar-refractivity contribution is 0.0788. The van der Waals surface area contributed by atoms with Crippen LogP contribution in [0.4, 0.5) is 10.5 Å². The Kier molecular flexibility index (Phi) is 5.93. The molecule has 0 saturated carbocycles. The average molecular weight is 429 g/mol. The van der Waals surface area contributed by atoms with Gasteiger partial charge in [-0.3, -0.25) is 0 Å². The Bertz CT molecular complexity index is 907. The first-order valence-corrected chi connectivity index (χ1v) is 11.1. The summed E-state index contributed by atoms with van der Waals surface area (Å²) in [4.78, 5) is 12.0. The summed E-state index contributed by atoms with van der Waals surface area (Å²) in [6.07, 6.45) is 4.37. The van der Waals surface area contributed by atoms with Gasteiger partial charge in [-0.25, -0.2) is 13.2 Å². The van der Waals surface area contributed by atoms with E-state index >= 15 is 0 Å². The van der Waals surface area contributed by atoms with Crippen molar-refractivity contribution in [3.63, 3.8) is 0 Å². The first-order valence-electron chi connectivity index (χ1n) is 9.24. The van der Waals surface area contributed by atoms with Gasteiger partial charge in [0.1, 0.15) is 4.90 Å². The fraction of sp³-hybridized carbons (Fsp3) is 0.526. The van der Waals surface area contributed by atoms with Crippen LogP contribution in [0.2, 0.25) is 5.02 Å². The van der Waals surface area contributed by atoms with Gasteiger partial charge in [0.2, 0.25) is 0 Å². The summed E-state index contributed by atoms with van der Waals surface area (Å²) in [6, 6.07) is 2.17. The number of aromatic hydroxyl groups is 1. The summed E-state index contributed by atoms with van der Waals surface area (Å²) in [5.41, 5.74) is 1.07. The van der Waals surface area contributed by atoms with Crippen molar-refractivity contribution < 1.29 is 23.1 Å². The molecule has 3 N–H and O–H groups in total. The SMILES string of the molecule is CC1=CCC[C@H]1NC(=O)Nc1ccc(Cl)c(S(=O)(=O)C2(C)CCOCC2)c1O. The van der Waals surface area contributed by atoms with E-state index in [9.17, 15) is 18.3 Å². The summed E-state index contributed by atoms with van der Waals surface area (Å²) in [5, 5.41) is 15.9. The summed E-state index contributed by atoms with van der Waals surface area (Å²) in [7, 11) is -3.96. The third-order valence-corrected chi connectivity index (χ3v) is 8.66. The molecule has 1 heterocycles. The molecule has 28 heavy (non-hydrogen) atoms. The number of ether oxygens (including phenoxy) is 1. The third-order valence-electron chi connectivity index (χ3n) is 5.58. The standard InChI is InChI=1S/C19H25ClN2O5S/c1-12-4-3-5-14(12)21-18(24)22-15-7-6-13(20)17(16(15)23)28(25,26)19(2)8-10-27-11-9-19/h4,6-7,14,23H,3,5,8-11H2,1-2H3,(H2,21,22,24)/t14-/m1/s1. The molecule has 1 aliphatic carbocycles. The van der Waals surface area contributed by atoms with Gasteiger partial charge in [-0.05, 0) is 51.7 Å². The van der Waals surface area contributed by atoms with E-state index in [2.05, 4.69) is 16.7 Å². The lowest BCUT2D eigenvalue weighted by Gasteiger charge is -2.33. The zero-order chi connectivity index (χ0) is 20.5. The topological polar surface area (TPSA) is 105 Å². The minimum absolute atomic E-state index is 0.00392. The van der Waals surface area contributed by atoms with Gasteiger partial charge in [0, 0.05) is 13.2 Å². The van der Waals surface area contributed by atoms with Crippen LogP contribution < -0.4 is 10.6 Å². The second-order valence-electron chi connectivity index (χ2n) is 7.51. The molecule has 0 aromatic heterocycles. The molecule has 1 atom stereocenters. The predicted molar refractivity (Wildman–Crippen MR) is 108 cm³/mol. The smallest absolute Gasteiger partial charge is 0.319 e. The minimum Gasteiger partial charge on any atom is -0.504 e.